The Labute approximate surface area is 184 Å². The number of carbonyl (C=O) groups is 1. The minimum Gasteiger partial charge on any atom is -0.494 e. The molecule has 0 aliphatic carbocycles. The Kier molecular flexibility index (Phi) is 5.80. The van der Waals surface area contributed by atoms with Crippen LogP contribution in [0.4, 0.5) is 17.6 Å². The molecule has 32 heavy (non-hydrogen) atoms. The molecule has 0 amide bonds. The number of halogens is 4. The van der Waals surface area contributed by atoms with Gasteiger partial charge in [-0.05, 0) is 54.1 Å². The second kappa shape index (κ2) is 8.55. The summed E-state index contributed by atoms with van der Waals surface area (Å²) in [4.78, 5) is 16.9. The van der Waals surface area contributed by atoms with Crippen LogP contribution in [0.5, 0.6) is 5.75 Å². The number of ketones is 1. The molecule has 0 unspecified atom stereocenters. The second-order valence-electron chi connectivity index (χ2n) is 6.87. The lowest BCUT2D eigenvalue weighted by Gasteiger charge is -2.06. The van der Waals surface area contributed by atoms with E-state index in [1.165, 1.54) is 30.6 Å². The van der Waals surface area contributed by atoms with Crippen LogP contribution in [-0.4, -0.2) is 17.9 Å². The number of ether oxygens (including phenoxy) is 1. The molecule has 0 saturated carbocycles. The maximum Gasteiger partial charge on any atom is 0.416 e. The third-order valence-corrected chi connectivity index (χ3v) is 5.80. The maximum atomic E-state index is 13.7. The smallest absolute Gasteiger partial charge is 0.416 e. The second-order valence-corrected chi connectivity index (χ2v) is 7.90. The molecule has 8 heteroatoms. The van der Waals surface area contributed by atoms with Gasteiger partial charge in [-0.15, -0.1) is 11.3 Å². The van der Waals surface area contributed by atoms with E-state index in [-0.39, 0.29) is 11.3 Å². The fraction of sp³-hybridized carbons (Fsp3) is 0.0833. The molecule has 0 bridgehead atoms. The number of carbonyl (C=O) groups excluding carboxylic acids is 1. The summed E-state index contributed by atoms with van der Waals surface area (Å²) in [5, 5.41) is 0.695. The number of thiazole rings is 1. The summed E-state index contributed by atoms with van der Waals surface area (Å²) < 4.78 is 57.5. The van der Waals surface area contributed by atoms with Crippen LogP contribution < -0.4 is 4.74 Å². The van der Waals surface area contributed by atoms with Crippen molar-refractivity contribution in [2.75, 3.05) is 7.11 Å². The van der Waals surface area contributed by atoms with Crippen molar-refractivity contribution in [3.63, 3.8) is 0 Å². The number of aromatic nitrogens is 1. The predicted octanol–water partition coefficient (Wildman–Crippen LogP) is 7.03. The Morgan fingerprint density at radius 2 is 1.78 bits per heavy atom. The molecule has 0 fully saturated rings. The molecule has 0 atom stereocenters. The predicted molar refractivity (Wildman–Crippen MR) is 116 cm³/mol. The van der Waals surface area contributed by atoms with Crippen molar-refractivity contribution in [2.24, 2.45) is 0 Å². The van der Waals surface area contributed by atoms with Gasteiger partial charge in [0, 0.05) is 11.1 Å². The quantitative estimate of drug-likeness (QED) is 0.184. The van der Waals surface area contributed by atoms with E-state index in [1.807, 2.05) is 6.07 Å². The highest BCUT2D eigenvalue weighted by molar-refractivity contribution is 7.21. The molecule has 4 aromatic rings. The van der Waals surface area contributed by atoms with Gasteiger partial charge in [0.15, 0.2) is 17.3 Å². The van der Waals surface area contributed by atoms with Crippen LogP contribution in [0.3, 0.4) is 0 Å². The molecule has 1 aromatic heterocycles. The highest BCUT2D eigenvalue weighted by Gasteiger charge is 2.30. The molecular weight excluding hydrogens is 442 g/mol. The fourth-order valence-electron chi connectivity index (χ4n) is 3.05. The van der Waals surface area contributed by atoms with E-state index in [9.17, 15) is 22.4 Å². The standard InChI is InChI=1S/C24H15F4NO2S/c1-31-21-13-16(6-9-18(21)25)23-29-19-10-2-14(12-22(19)32-23)3-11-20(30)15-4-7-17(8-5-15)24(26,27)28/h2-13H,1H3/b11-3+. The Morgan fingerprint density at radius 1 is 1.03 bits per heavy atom. The van der Waals surface area contributed by atoms with E-state index in [4.69, 9.17) is 4.74 Å². The van der Waals surface area contributed by atoms with Crippen molar-refractivity contribution in [3.8, 4) is 16.3 Å². The largest absolute Gasteiger partial charge is 0.494 e. The summed E-state index contributed by atoms with van der Waals surface area (Å²) in [6, 6.07) is 14.1. The topological polar surface area (TPSA) is 39.2 Å². The number of benzene rings is 3. The molecule has 1 heterocycles. The molecule has 3 aromatic carbocycles. The highest BCUT2D eigenvalue weighted by Crippen LogP contribution is 2.33. The summed E-state index contributed by atoms with van der Waals surface area (Å²) in [6.07, 6.45) is -1.53. The average molecular weight is 457 g/mol. The number of nitrogens with zero attached hydrogens (tertiary/aromatic N) is 1. The molecular formula is C24H15F4NO2S. The molecule has 0 saturated heterocycles. The van der Waals surface area contributed by atoms with Gasteiger partial charge in [0.1, 0.15) is 5.01 Å². The lowest BCUT2D eigenvalue weighted by Crippen LogP contribution is -2.05. The molecule has 0 aliphatic heterocycles. The van der Waals surface area contributed by atoms with Crippen molar-refractivity contribution in [1.29, 1.82) is 0 Å². The average Bonchev–Trinajstić information content (AvgIpc) is 3.20. The van der Waals surface area contributed by atoms with E-state index >= 15 is 0 Å². The lowest BCUT2D eigenvalue weighted by molar-refractivity contribution is -0.137. The zero-order valence-electron chi connectivity index (χ0n) is 16.6. The first-order valence-electron chi connectivity index (χ1n) is 9.39. The zero-order chi connectivity index (χ0) is 22.9. The summed E-state index contributed by atoms with van der Waals surface area (Å²) in [7, 11) is 1.39. The molecule has 162 valence electrons. The molecule has 0 spiro atoms. The first-order chi connectivity index (χ1) is 15.2. The summed E-state index contributed by atoms with van der Waals surface area (Å²) in [6.45, 7) is 0. The van der Waals surface area contributed by atoms with Crippen molar-refractivity contribution < 1.29 is 27.1 Å². The van der Waals surface area contributed by atoms with E-state index in [2.05, 4.69) is 4.98 Å². The Balaban J connectivity index is 1.55. The fourth-order valence-corrected chi connectivity index (χ4v) is 4.06. The molecule has 4 rings (SSSR count). The number of allylic oxidation sites excluding steroid dienone is 1. The number of alkyl halides is 3. The van der Waals surface area contributed by atoms with Crippen molar-refractivity contribution >= 4 is 33.4 Å². The van der Waals surface area contributed by atoms with Gasteiger partial charge in [0.05, 0.1) is 22.9 Å². The minimum atomic E-state index is -4.44. The van der Waals surface area contributed by atoms with Crippen LogP contribution in [0, 0.1) is 5.82 Å². The first kappa shape index (κ1) is 21.7. The van der Waals surface area contributed by atoms with Gasteiger partial charge in [0.2, 0.25) is 0 Å². The van der Waals surface area contributed by atoms with E-state index < -0.39 is 23.3 Å². The number of hydrogen-bond donors (Lipinski definition) is 0. The van der Waals surface area contributed by atoms with E-state index in [1.54, 1.807) is 30.3 Å². The van der Waals surface area contributed by atoms with Gasteiger partial charge in [-0.3, -0.25) is 4.79 Å². The van der Waals surface area contributed by atoms with Crippen LogP contribution in [0.25, 0.3) is 26.9 Å². The van der Waals surface area contributed by atoms with Gasteiger partial charge in [-0.25, -0.2) is 9.37 Å². The van der Waals surface area contributed by atoms with Gasteiger partial charge in [-0.2, -0.15) is 13.2 Å². The Hall–Kier alpha value is -3.52. The summed E-state index contributed by atoms with van der Waals surface area (Å²) in [5.41, 5.74) is 1.58. The number of fused-ring (bicyclic) bond motifs is 1. The van der Waals surface area contributed by atoms with Crippen LogP contribution in [0.1, 0.15) is 21.5 Å². The third-order valence-electron chi connectivity index (χ3n) is 4.73. The van der Waals surface area contributed by atoms with Gasteiger partial charge < -0.3 is 4.74 Å². The summed E-state index contributed by atoms with van der Waals surface area (Å²) in [5.74, 6) is -0.725. The van der Waals surface area contributed by atoms with Crippen LogP contribution in [0.2, 0.25) is 0 Å². The maximum absolute atomic E-state index is 13.7. The summed E-state index contributed by atoms with van der Waals surface area (Å²) >= 11 is 1.41. The third kappa shape index (κ3) is 4.55. The highest BCUT2D eigenvalue weighted by atomic mass is 32.1. The van der Waals surface area contributed by atoms with Crippen LogP contribution in [0.15, 0.2) is 66.7 Å². The van der Waals surface area contributed by atoms with E-state index in [0.717, 1.165) is 45.6 Å². The minimum absolute atomic E-state index is 0.132. The Bertz CT molecular complexity index is 1320. The zero-order valence-corrected chi connectivity index (χ0v) is 17.4. The van der Waals surface area contributed by atoms with Gasteiger partial charge in [-0.1, -0.05) is 24.3 Å². The Morgan fingerprint density at radius 3 is 2.47 bits per heavy atom. The van der Waals surface area contributed by atoms with Crippen molar-refractivity contribution in [3.05, 3.63) is 89.2 Å². The normalized spacial score (nSPS) is 11.9. The monoisotopic (exact) mass is 457 g/mol. The van der Waals surface area contributed by atoms with Gasteiger partial charge >= 0.3 is 6.18 Å². The number of hydrogen-bond acceptors (Lipinski definition) is 4. The molecule has 0 N–H and O–H groups in total. The van der Waals surface area contributed by atoms with Gasteiger partial charge in [0.25, 0.3) is 0 Å². The van der Waals surface area contributed by atoms with E-state index in [0.29, 0.717) is 5.01 Å². The van der Waals surface area contributed by atoms with Crippen LogP contribution in [-0.2, 0) is 6.18 Å². The molecule has 3 nitrogen and oxygen atoms in total. The SMILES string of the molecule is COc1cc(-c2nc3ccc(/C=C/C(=O)c4ccc(C(F)(F)F)cc4)cc3s2)ccc1F. The van der Waals surface area contributed by atoms with Crippen molar-refractivity contribution in [2.45, 2.75) is 6.18 Å². The van der Waals surface area contributed by atoms with Crippen molar-refractivity contribution in [1.82, 2.24) is 4.98 Å². The number of methoxy groups -OCH3 is 1. The molecule has 0 radical (unpaired) electrons. The van der Waals surface area contributed by atoms with Crippen LogP contribution >= 0.6 is 11.3 Å². The number of rotatable bonds is 5. The lowest BCUT2D eigenvalue weighted by atomic mass is 10.1. The molecule has 0 aliphatic rings. The first-order valence-corrected chi connectivity index (χ1v) is 10.2.